The first kappa shape index (κ1) is 20.6. The molecule has 2 rings (SSSR count). The summed E-state index contributed by atoms with van der Waals surface area (Å²) in [6.45, 7) is 3.92. The molecule has 2 aromatic carbocycles. The van der Waals surface area contributed by atoms with Crippen LogP contribution in [0.2, 0.25) is 5.02 Å². The number of hydrogen-bond donors (Lipinski definition) is 1. The fraction of sp³-hybridized carbons (Fsp3) is 0.100. The lowest BCUT2D eigenvalue weighted by atomic mass is 10.1. The van der Waals surface area contributed by atoms with Crippen LogP contribution in [-0.4, -0.2) is 19.6 Å². The van der Waals surface area contributed by atoms with Gasteiger partial charge in [0.1, 0.15) is 18.2 Å². The molecular formula is C20H16BrClN2O3. The second-order valence-electron chi connectivity index (χ2n) is 5.27. The first-order valence-electron chi connectivity index (χ1n) is 7.78. The minimum atomic E-state index is -0.540. The topological polar surface area (TPSA) is 71.3 Å². The van der Waals surface area contributed by atoms with Gasteiger partial charge in [-0.15, -0.1) is 0 Å². The average Bonchev–Trinajstić information content (AvgIpc) is 2.64. The zero-order valence-electron chi connectivity index (χ0n) is 14.5. The molecule has 0 aliphatic heterocycles. The Morgan fingerprint density at radius 1 is 1.41 bits per heavy atom. The first-order chi connectivity index (χ1) is 13.0. The summed E-state index contributed by atoms with van der Waals surface area (Å²) in [7, 11) is 1.51. The van der Waals surface area contributed by atoms with Crippen molar-refractivity contribution < 1.29 is 14.3 Å². The van der Waals surface area contributed by atoms with E-state index < -0.39 is 5.91 Å². The molecule has 0 atom stereocenters. The number of rotatable bonds is 7. The van der Waals surface area contributed by atoms with E-state index in [9.17, 15) is 10.1 Å². The third-order valence-corrected chi connectivity index (χ3v) is 4.18. The molecular weight excluding hydrogens is 432 g/mol. The summed E-state index contributed by atoms with van der Waals surface area (Å²) in [4.78, 5) is 12.4. The summed E-state index contributed by atoms with van der Waals surface area (Å²) in [6, 6.07) is 12.0. The van der Waals surface area contributed by atoms with Gasteiger partial charge in [-0.05, 0) is 57.9 Å². The van der Waals surface area contributed by atoms with Crippen molar-refractivity contribution in [2.45, 2.75) is 0 Å². The van der Waals surface area contributed by atoms with Gasteiger partial charge in [0.25, 0.3) is 5.91 Å². The molecule has 27 heavy (non-hydrogen) atoms. The van der Waals surface area contributed by atoms with Gasteiger partial charge < -0.3 is 14.8 Å². The molecule has 7 heteroatoms. The van der Waals surface area contributed by atoms with Gasteiger partial charge in [-0.25, -0.2) is 0 Å². The van der Waals surface area contributed by atoms with Crippen molar-refractivity contribution in [3.63, 3.8) is 0 Å². The van der Waals surface area contributed by atoms with Crippen LogP contribution in [-0.2, 0) is 4.79 Å². The van der Waals surface area contributed by atoms with E-state index in [1.165, 1.54) is 13.2 Å². The van der Waals surface area contributed by atoms with E-state index >= 15 is 0 Å². The zero-order valence-corrected chi connectivity index (χ0v) is 16.8. The lowest BCUT2D eigenvalue weighted by Crippen LogP contribution is -2.13. The lowest BCUT2D eigenvalue weighted by molar-refractivity contribution is -0.112. The molecule has 0 fully saturated rings. The second kappa shape index (κ2) is 9.81. The van der Waals surface area contributed by atoms with Crippen LogP contribution in [0.4, 0.5) is 5.69 Å². The Morgan fingerprint density at radius 2 is 2.19 bits per heavy atom. The second-order valence-corrected chi connectivity index (χ2v) is 6.56. The van der Waals surface area contributed by atoms with E-state index in [2.05, 4.69) is 27.8 Å². The maximum Gasteiger partial charge on any atom is 0.266 e. The summed E-state index contributed by atoms with van der Waals surface area (Å²) in [5.74, 6) is 0.434. The number of ether oxygens (including phenoxy) is 2. The van der Waals surface area contributed by atoms with E-state index in [1.807, 2.05) is 6.07 Å². The Hall–Kier alpha value is -2.75. The Bertz CT molecular complexity index is 935. The van der Waals surface area contributed by atoms with E-state index in [4.69, 9.17) is 21.1 Å². The molecule has 0 heterocycles. The Kier molecular flexibility index (Phi) is 7.47. The summed E-state index contributed by atoms with van der Waals surface area (Å²) in [5.41, 5.74) is 1.03. The molecule has 1 N–H and O–H groups in total. The number of carbonyl (C=O) groups is 1. The summed E-state index contributed by atoms with van der Waals surface area (Å²) in [6.07, 6.45) is 3.08. The van der Waals surface area contributed by atoms with Gasteiger partial charge in [0.2, 0.25) is 0 Å². The molecule has 1 amide bonds. The summed E-state index contributed by atoms with van der Waals surface area (Å²) >= 11 is 9.32. The number of carbonyl (C=O) groups excluding carboxylic acids is 1. The third kappa shape index (κ3) is 5.61. The van der Waals surface area contributed by atoms with Crippen LogP contribution in [0.5, 0.6) is 11.5 Å². The van der Waals surface area contributed by atoms with E-state index in [0.29, 0.717) is 38.9 Å². The molecule has 0 aromatic heterocycles. The van der Waals surface area contributed by atoms with Gasteiger partial charge in [0.15, 0.2) is 11.5 Å². The predicted octanol–water partition coefficient (Wildman–Crippen LogP) is 5.22. The number of nitrogens with one attached hydrogen (secondary N) is 1. The van der Waals surface area contributed by atoms with Crippen LogP contribution in [0.25, 0.3) is 6.08 Å². The summed E-state index contributed by atoms with van der Waals surface area (Å²) < 4.78 is 11.5. The van der Waals surface area contributed by atoms with Crippen molar-refractivity contribution in [3.05, 3.63) is 69.7 Å². The molecule has 0 spiro atoms. The fourth-order valence-electron chi connectivity index (χ4n) is 2.19. The van der Waals surface area contributed by atoms with Crippen LogP contribution in [0.1, 0.15) is 5.56 Å². The minimum Gasteiger partial charge on any atom is -0.493 e. The highest BCUT2D eigenvalue weighted by Crippen LogP contribution is 2.37. The Labute approximate surface area is 171 Å². The van der Waals surface area contributed by atoms with Gasteiger partial charge in [0, 0.05) is 10.7 Å². The SMILES string of the molecule is C=CCOc1c(Br)cc(/C=C(\C#N)C(=O)Nc2cccc(Cl)c2)cc1OC. The van der Waals surface area contributed by atoms with Crippen molar-refractivity contribution >= 4 is 45.2 Å². The third-order valence-electron chi connectivity index (χ3n) is 3.36. The van der Waals surface area contributed by atoms with Crippen molar-refractivity contribution in [1.29, 1.82) is 5.26 Å². The normalized spacial score (nSPS) is 10.7. The van der Waals surface area contributed by atoms with Gasteiger partial charge in [-0.2, -0.15) is 5.26 Å². The van der Waals surface area contributed by atoms with E-state index in [0.717, 1.165) is 0 Å². The fourth-order valence-corrected chi connectivity index (χ4v) is 2.95. The molecule has 0 aliphatic rings. The van der Waals surface area contributed by atoms with Crippen LogP contribution in [0, 0.1) is 11.3 Å². The van der Waals surface area contributed by atoms with Gasteiger partial charge in [-0.3, -0.25) is 4.79 Å². The van der Waals surface area contributed by atoms with Crippen molar-refractivity contribution in [2.24, 2.45) is 0 Å². The van der Waals surface area contributed by atoms with E-state index in [1.54, 1.807) is 42.5 Å². The molecule has 5 nitrogen and oxygen atoms in total. The zero-order chi connectivity index (χ0) is 19.8. The Balaban J connectivity index is 2.31. The average molecular weight is 448 g/mol. The molecule has 0 saturated carbocycles. The van der Waals surface area contributed by atoms with Crippen molar-refractivity contribution in [1.82, 2.24) is 0 Å². The van der Waals surface area contributed by atoms with Gasteiger partial charge in [0.05, 0.1) is 11.6 Å². The number of halogens is 2. The van der Waals surface area contributed by atoms with Crippen LogP contribution < -0.4 is 14.8 Å². The maximum atomic E-state index is 12.4. The molecule has 0 bridgehead atoms. The van der Waals surface area contributed by atoms with Crippen LogP contribution in [0.3, 0.4) is 0 Å². The molecule has 0 radical (unpaired) electrons. The molecule has 138 valence electrons. The van der Waals surface area contributed by atoms with Gasteiger partial charge >= 0.3 is 0 Å². The number of amides is 1. The molecule has 0 unspecified atom stereocenters. The number of methoxy groups -OCH3 is 1. The van der Waals surface area contributed by atoms with Crippen LogP contribution in [0.15, 0.2) is 59.1 Å². The molecule has 0 saturated heterocycles. The van der Waals surface area contributed by atoms with Gasteiger partial charge in [-0.1, -0.05) is 30.3 Å². The largest absolute Gasteiger partial charge is 0.493 e. The highest BCUT2D eigenvalue weighted by atomic mass is 79.9. The lowest BCUT2D eigenvalue weighted by Gasteiger charge is -2.12. The highest BCUT2D eigenvalue weighted by Gasteiger charge is 2.14. The van der Waals surface area contributed by atoms with Crippen molar-refractivity contribution in [2.75, 3.05) is 19.0 Å². The predicted molar refractivity (Wildman–Crippen MR) is 110 cm³/mol. The number of nitriles is 1. The number of benzene rings is 2. The first-order valence-corrected chi connectivity index (χ1v) is 8.95. The molecule has 2 aromatic rings. The van der Waals surface area contributed by atoms with E-state index in [-0.39, 0.29) is 5.57 Å². The standard InChI is InChI=1S/C20H16BrClN2O3/c1-3-7-27-19-17(21)9-13(10-18(19)26-2)8-14(12-23)20(25)24-16-6-4-5-15(22)11-16/h3-6,8-11H,1,7H2,2H3,(H,24,25)/b14-8+. The van der Waals surface area contributed by atoms with Crippen LogP contribution >= 0.6 is 27.5 Å². The van der Waals surface area contributed by atoms with Crippen molar-refractivity contribution in [3.8, 4) is 17.6 Å². The number of hydrogen-bond acceptors (Lipinski definition) is 4. The smallest absolute Gasteiger partial charge is 0.266 e. The Morgan fingerprint density at radius 3 is 2.81 bits per heavy atom. The summed E-state index contributed by atoms with van der Waals surface area (Å²) in [5, 5.41) is 12.5. The minimum absolute atomic E-state index is 0.0660. The number of nitrogens with zero attached hydrogens (tertiary/aromatic N) is 1. The monoisotopic (exact) mass is 446 g/mol. The quantitative estimate of drug-likeness (QED) is 0.359. The maximum absolute atomic E-state index is 12.4. The number of anilines is 1. The molecule has 0 aliphatic carbocycles. The highest BCUT2D eigenvalue weighted by molar-refractivity contribution is 9.10.